The largest absolute Gasteiger partial charge is 0.497 e. The number of benzene rings is 1. The lowest BCUT2D eigenvalue weighted by molar-refractivity contribution is -0.161. The molecular formula is C25H31N3O4. The van der Waals surface area contributed by atoms with Crippen LogP contribution in [0.5, 0.6) is 5.75 Å². The first-order chi connectivity index (χ1) is 15.6. The number of piperidine rings is 3. The number of ether oxygens (including phenoxy) is 2. The van der Waals surface area contributed by atoms with Crippen LogP contribution in [0.15, 0.2) is 43.1 Å². The molecule has 7 nitrogen and oxygen atoms in total. The number of pyridine rings is 1. The lowest BCUT2D eigenvalue weighted by atomic mass is 9.73. The van der Waals surface area contributed by atoms with E-state index >= 15 is 0 Å². The molecule has 7 heteroatoms. The van der Waals surface area contributed by atoms with Gasteiger partial charge in [0.05, 0.1) is 24.8 Å². The number of methoxy groups -OCH3 is 1. The molecule has 5 heterocycles. The van der Waals surface area contributed by atoms with Crippen LogP contribution in [0.3, 0.4) is 0 Å². The zero-order valence-electron chi connectivity index (χ0n) is 18.4. The Morgan fingerprint density at radius 2 is 2.25 bits per heavy atom. The van der Waals surface area contributed by atoms with Crippen molar-refractivity contribution in [1.29, 1.82) is 0 Å². The molecule has 0 saturated carbocycles. The minimum Gasteiger partial charge on any atom is -0.497 e. The van der Waals surface area contributed by atoms with Crippen molar-refractivity contribution in [3.05, 3.63) is 48.7 Å². The number of nitrogens with one attached hydrogen (secondary N) is 1. The van der Waals surface area contributed by atoms with Crippen LogP contribution in [0, 0.1) is 11.8 Å². The Morgan fingerprint density at radius 3 is 2.94 bits per heavy atom. The molecule has 7 atom stereocenters. The fraction of sp³-hybridized carbons (Fsp3) is 0.520. The van der Waals surface area contributed by atoms with E-state index in [0.29, 0.717) is 24.8 Å². The molecule has 0 aliphatic carbocycles. The van der Waals surface area contributed by atoms with Crippen LogP contribution >= 0.6 is 0 Å². The minimum absolute atomic E-state index is 0.0734. The first-order valence-corrected chi connectivity index (χ1v) is 11.5. The summed E-state index contributed by atoms with van der Waals surface area (Å²) in [6.07, 6.45) is 5.31. The molecule has 1 aromatic heterocycles. The molecule has 170 valence electrons. The molecule has 4 saturated heterocycles. The lowest BCUT2D eigenvalue weighted by Crippen LogP contribution is -2.56. The zero-order valence-corrected chi connectivity index (χ0v) is 18.4. The van der Waals surface area contributed by atoms with Crippen molar-refractivity contribution in [2.24, 2.45) is 11.8 Å². The van der Waals surface area contributed by atoms with Crippen LogP contribution in [-0.4, -0.2) is 65.9 Å². The molecule has 2 N–H and O–H groups in total. The Hall–Kier alpha value is -2.48. The van der Waals surface area contributed by atoms with E-state index in [2.05, 4.69) is 27.9 Å². The second-order valence-electron chi connectivity index (χ2n) is 9.17. The Labute approximate surface area is 188 Å². The molecule has 2 aromatic rings. The number of aromatic nitrogens is 1. The van der Waals surface area contributed by atoms with Gasteiger partial charge in [0.1, 0.15) is 17.9 Å². The van der Waals surface area contributed by atoms with Crippen LogP contribution in [0.1, 0.15) is 30.9 Å². The SMILES string of the molecule is C=C[C@H]1CN2CC[C@H]1C[C@H]2[C@H](OC(=O)[C@H]1NCCC1O)c1ccnc2ccc(OC)cc12. The number of hydrogen-bond donors (Lipinski definition) is 2. The highest BCUT2D eigenvalue weighted by Crippen LogP contribution is 2.43. The average molecular weight is 438 g/mol. The van der Waals surface area contributed by atoms with E-state index in [9.17, 15) is 9.90 Å². The van der Waals surface area contributed by atoms with E-state index in [0.717, 1.165) is 48.1 Å². The molecule has 4 aliphatic heterocycles. The molecule has 2 bridgehead atoms. The summed E-state index contributed by atoms with van der Waals surface area (Å²) in [7, 11) is 1.64. The minimum atomic E-state index is -0.717. The third kappa shape index (κ3) is 3.78. The van der Waals surface area contributed by atoms with Gasteiger partial charge in [0.2, 0.25) is 0 Å². The Morgan fingerprint density at radius 1 is 1.38 bits per heavy atom. The smallest absolute Gasteiger partial charge is 0.326 e. The number of carbonyl (C=O) groups is 1. The van der Waals surface area contributed by atoms with E-state index in [1.807, 2.05) is 24.3 Å². The number of nitrogens with zero attached hydrogens (tertiary/aromatic N) is 2. The van der Waals surface area contributed by atoms with Gasteiger partial charge in [0, 0.05) is 23.7 Å². The van der Waals surface area contributed by atoms with Crippen LogP contribution < -0.4 is 10.1 Å². The van der Waals surface area contributed by atoms with Crippen molar-refractivity contribution in [2.75, 3.05) is 26.7 Å². The first-order valence-electron chi connectivity index (χ1n) is 11.5. The summed E-state index contributed by atoms with van der Waals surface area (Å²) in [6.45, 7) is 6.57. The van der Waals surface area contributed by atoms with E-state index < -0.39 is 24.2 Å². The zero-order chi connectivity index (χ0) is 22.2. The molecule has 1 aromatic carbocycles. The predicted molar refractivity (Wildman–Crippen MR) is 121 cm³/mol. The normalized spacial score (nSPS) is 32.6. The van der Waals surface area contributed by atoms with Gasteiger partial charge in [0.15, 0.2) is 0 Å². The predicted octanol–water partition coefficient (Wildman–Crippen LogP) is 2.45. The van der Waals surface area contributed by atoms with Gasteiger partial charge in [-0.05, 0) is 68.5 Å². The van der Waals surface area contributed by atoms with Gasteiger partial charge in [-0.25, -0.2) is 0 Å². The number of carbonyl (C=O) groups excluding carboxylic acids is 1. The summed E-state index contributed by atoms with van der Waals surface area (Å²) in [5.74, 6) is 1.36. The summed E-state index contributed by atoms with van der Waals surface area (Å²) < 4.78 is 11.7. The Kier molecular flexibility index (Phi) is 5.88. The molecule has 6 rings (SSSR count). The second kappa shape index (κ2) is 8.81. The van der Waals surface area contributed by atoms with Crippen molar-refractivity contribution < 1.29 is 19.4 Å². The van der Waals surface area contributed by atoms with Crippen LogP contribution in [0.4, 0.5) is 0 Å². The summed E-state index contributed by atoms with van der Waals surface area (Å²) in [5, 5.41) is 14.3. The van der Waals surface area contributed by atoms with Crippen LogP contribution in [-0.2, 0) is 9.53 Å². The number of esters is 1. The second-order valence-corrected chi connectivity index (χ2v) is 9.17. The molecule has 0 amide bonds. The number of aliphatic hydroxyl groups is 1. The first kappa shape index (κ1) is 21.4. The Balaban J connectivity index is 1.54. The van der Waals surface area contributed by atoms with Crippen molar-refractivity contribution in [3.8, 4) is 5.75 Å². The highest BCUT2D eigenvalue weighted by atomic mass is 16.5. The monoisotopic (exact) mass is 437 g/mol. The van der Waals surface area contributed by atoms with Crippen molar-refractivity contribution in [3.63, 3.8) is 0 Å². The topological polar surface area (TPSA) is 83.9 Å². The van der Waals surface area contributed by atoms with E-state index in [-0.39, 0.29) is 6.04 Å². The number of hydrogen-bond acceptors (Lipinski definition) is 7. The lowest BCUT2D eigenvalue weighted by Gasteiger charge is -2.51. The highest BCUT2D eigenvalue weighted by molar-refractivity contribution is 5.85. The highest BCUT2D eigenvalue weighted by Gasteiger charge is 2.45. The van der Waals surface area contributed by atoms with Crippen molar-refractivity contribution in [1.82, 2.24) is 15.2 Å². The molecule has 2 unspecified atom stereocenters. The maximum Gasteiger partial charge on any atom is 0.326 e. The van der Waals surface area contributed by atoms with Gasteiger partial charge in [-0.1, -0.05) is 6.08 Å². The van der Waals surface area contributed by atoms with Gasteiger partial charge in [0.25, 0.3) is 0 Å². The summed E-state index contributed by atoms with van der Waals surface area (Å²) in [6, 6.07) is 7.12. The molecular weight excluding hydrogens is 406 g/mol. The summed E-state index contributed by atoms with van der Waals surface area (Å²) in [4.78, 5) is 20.1. The molecule has 0 spiro atoms. The standard InChI is InChI=1S/C25H31N3O4/c1-3-15-14-28-11-8-16(15)12-21(28)24(32-25(30)23-22(29)7-10-27-23)18-6-9-26-20-5-4-17(31-2)13-19(18)20/h3-6,9,13,15-16,21-24,27,29H,1,7-8,10-12,14H2,2H3/t15-,16-,21-,22?,23-,24+/m0/s1. The van der Waals surface area contributed by atoms with Crippen molar-refractivity contribution >= 4 is 16.9 Å². The summed E-state index contributed by atoms with van der Waals surface area (Å²) >= 11 is 0. The quantitative estimate of drug-likeness (QED) is 0.530. The van der Waals surface area contributed by atoms with Crippen molar-refractivity contribution in [2.45, 2.75) is 43.6 Å². The van der Waals surface area contributed by atoms with Gasteiger partial charge < -0.3 is 19.9 Å². The fourth-order valence-corrected chi connectivity index (χ4v) is 5.69. The third-order valence-electron chi connectivity index (χ3n) is 7.48. The number of rotatable bonds is 6. The van der Waals surface area contributed by atoms with Crippen LogP contribution in [0.25, 0.3) is 10.9 Å². The van der Waals surface area contributed by atoms with E-state index in [1.54, 1.807) is 13.3 Å². The third-order valence-corrected chi connectivity index (χ3v) is 7.48. The molecule has 4 aliphatic rings. The van der Waals surface area contributed by atoms with Gasteiger partial charge in [-0.2, -0.15) is 0 Å². The summed E-state index contributed by atoms with van der Waals surface area (Å²) in [5.41, 5.74) is 1.77. The maximum atomic E-state index is 13.1. The molecule has 32 heavy (non-hydrogen) atoms. The number of aliphatic hydroxyl groups excluding tert-OH is 1. The number of fused-ring (bicyclic) bond motifs is 4. The Bertz CT molecular complexity index is 1010. The average Bonchev–Trinajstić information content (AvgIpc) is 3.27. The van der Waals surface area contributed by atoms with Gasteiger partial charge >= 0.3 is 5.97 Å². The fourth-order valence-electron chi connectivity index (χ4n) is 5.69. The molecule has 4 fully saturated rings. The molecule has 0 radical (unpaired) electrons. The van der Waals surface area contributed by atoms with Crippen LogP contribution in [0.2, 0.25) is 0 Å². The maximum absolute atomic E-state index is 13.1. The van der Waals surface area contributed by atoms with E-state index in [4.69, 9.17) is 9.47 Å². The van der Waals surface area contributed by atoms with E-state index in [1.165, 1.54) is 0 Å². The van der Waals surface area contributed by atoms with Gasteiger partial charge in [-0.15, -0.1) is 6.58 Å². The van der Waals surface area contributed by atoms with Gasteiger partial charge in [-0.3, -0.25) is 14.7 Å².